The van der Waals surface area contributed by atoms with Crippen LogP contribution in [0.5, 0.6) is 5.75 Å². The predicted octanol–water partition coefficient (Wildman–Crippen LogP) is 3.21. The monoisotopic (exact) mass is 271 g/mol. The molecule has 4 heteroatoms. The summed E-state index contributed by atoms with van der Waals surface area (Å²) in [7, 11) is 1.99. The van der Waals surface area contributed by atoms with E-state index in [-0.39, 0.29) is 6.10 Å². The molecular formula is C16H21N3O. The molecule has 0 aliphatic carbocycles. The summed E-state index contributed by atoms with van der Waals surface area (Å²) >= 11 is 0. The largest absolute Gasteiger partial charge is 0.491 e. The Morgan fingerprint density at radius 1 is 1.25 bits per heavy atom. The molecule has 0 saturated carbocycles. The second-order valence-corrected chi connectivity index (χ2v) is 5.17. The molecule has 0 unspecified atom stereocenters. The molecule has 1 aromatic carbocycles. The van der Waals surface area contributed by atoms with Crippen molar-refractivity contribution in [3.8, 4) is 5.75 Å². The summed E-state index contributed by atoms with van der Waals surface area (Å²) in [5, 5.41) is 0. The lowest BCUT2D eigenvalue weighted by atomic mass is 10.2. The summed E-state index contributed by atoms with van der Waals surface area (Å²) in [5.41, 5.74) is 2.15. The van der Waals surface area contributed by atoms with Crippen molar-refractivity contribution in [1.29, 1.82) is 0 Å². The maximum absolute atomic E-state index is 5.71. The Hall–Kier alpha value is -2.10. The number of aryl methyl sites for hydroxylation is 1. The van der Waals surface area contributed by atoms with Gasteiger partial charge in [0.15, 0.2) is 0 Å². The first-order valence-corrected chi connectivity index (χ1v) is 6.81. The molecule has 1 heterocycles. The second-order valence-electron chi connectivity index (χ2n) is 5.17. The summed E-state index contributed by atoms with van der Waals surface area (Å²) in [6.07, 6.45) is 1.97. The van der Waals surface area contributed by atoms with Gasteiger partial charge in [-0.05, 0) is 44.5 Å². The highest BCUT2D eigenvalue weighted by molar-refractivity contribution is 5.34. The number of rotatable bonds is 5. The zero-order valence-electron chi connectivity index (χ0n) is 12.5. The van der Waals surface area contributed by atoms with Crippen molar-refractivity contribution in [2.24, 2.45) is 0 Å². The van der Waals surface area contributed by atoms with E-state index in [1.165, 1.54) is 5.56 Å². The number of ether oxygens (including phenoxy) is 1. The lowest BCUT2D eigenvalue weighted by molar-refractivity contribution is 0.242. The van der Waals surface area contributed by atoms with Crippen molar-refractivity contribution in [2.45, 2.75) is 33.4 Å². The fraction of sp³-hybridized carbons (Fsp3) is 0.375. The number of hydrogen-bond acceptors (Lipinski definition) is 4. The van der Waals surface area contributed by atoms with E-state index in [9.17, 15) is 0 Å². The summed E-state index contributed by atoms with van der Waals surface area (Å²) in [5.74, 6) is 1.64. The van der Waals surface area contributed by atoms with E-state index in [0.717, 1.165) is 23.9 Å². The molecule has 20 heavy (non-hydrogen) atoms. The zero-order chi connectivity index (χ0) is 14.5. The van der Waals surface area contributed by atoms with Gasteiger partial charge in [0.25, 0.3) is 0 Å². The number of nitrogens with zero attached hydrogens (tertiary/aromatic N) is 3. The van der Waals surface area contributed by atoms with Gasteiger partial charge in [0, 0.05) is 25.5 Å². The smallest absolute Gasteiger partial charge is 0.225 e. The molecule has 0 N–H and O–H groups in total. The van der Waals surface area contributed by atoms with Gasteiger partial charge in [0.1, 0.15) is 5.75 Å². The summed E-state index contributed by atoms with van der Waals surface area (Å²) < 4.78 is 5.71. The molecule has 0 atom stereocenters. The molecule has 0 radical (unpaired) electrons. The SMILES string of the molecule is Cc1ccnc(N(C)Cc2cccc(OC(C)C)c2)n1. The van der Waals surface area contributed by atoms with Gasteiger partial charge in [-0.1, -0.05) is 12.1 Å². The fourth-order valence-corrected chi connectivity index (χ4v) is 1.95. The minimum atomic E-state index is 0.183. The molecule has 0 saturated heterocycles. The molecule has 0 spiro atoms. The van der Waals surface area contributed by atoms with Gasteiger partial charge in [-0.15, -0.1) is 0 Å². The molecule has 0 aliphatic heterocycles. The maximum Gasteiger partial charge on any atom is 0.225 e. The van der Waals surface area contributed by atoms with Crippen LogP contribution in [0.25, 0.3) is 0 Å². The van der Waals surface area contributed by atoms with Crippen molar-refractivity contribution in [2.75, 3.05) is 11.9 Å². The molecule has 0 amide bonds. The van der Waals surface area contributed by atoms with Crippen LogP contribution in [0.1, 0.15) is 25.1 Å². The van der Waals surface area contributed by atoms with Crippen LogP contribution in [0.2, 0.25) is 0 Å². The van der Waals surface area contributed by atoms with Crippen molar-refractivity contribution in [3.05, 3.63) is 47.8 Å². The van der Waals surface area contributed by atoms with Crippen LogP contribution in [-0.4, -0.2) is 23.1 Å². The van der Waals surface area contributed by atoms with E-state index in [1.54, 1.807) is 6.20 Å². The second kappa shape index (κ2) is 6.37. The number of hydrogen-bond donors (Lipinski definition) is 0. The number of aromatic nitrogens is 2. The molecule has 0 aliphatic rings. The van der Waals surface area contributed by atoms with Gasteiger partial charge in [0.2, 0.25) is 5.95 Å². The van der Waals surface area contributed by atoms with E-state index in [2.05, 4.69) is 22.1 Å². The van der Waals surface area contributed by atoms with Gasteiger partial charge in [-0.25, -0.2) is 9.97 Å². The lowest BCUT2D eigenvalue weighted by Crippen LogP contribution is -2.19. The van der Waals surface area contributed by atoms with E-state index in [1.807, 2.05) is 50.9 Å². The molecule has 2 aromatic rings. The Morgan fingerprint density at radius 2 is 2.05 bits per heavy atom. The maximum atomic E-state index is 5.71. The first-order valence-electron chi connectivity index (χ1n) is 6.81. The Balaban J connectivity index is 2.09. The van der Waals surface area contributed by atoms with E-state index in [4.69, 9.17) is 4.74 Å². The normalized spacial score (nSPS) is 10.7. The van der Waals surface area contributed by atoms with Gasteiger partial charge >= 0.3 is 0 Å². The number of anilines is 1. The predicted molar refractivity (Wildman–Crippen MR) is 81.1 cm³/mol. The number of benzene rings is 1. The Labute approximate surface area is 120 Å². The minimum absolute atomic E-state index is 0.183. The molecule has 0 bridgehead atoms. The van der Waals surface area contributed by atoms with Gasteiger partial charge in [-0.3, -0.25) is 0 Å². The van der Waals surface area contributed by atoms with Crippen LogP contribution in [-0.2, 0) is 6.54 Å². The average molecular weight is 271 g/mol. The highest BCUT2D eigenvalue weighted by Crippen LogP contribution is 2.17. The quantitative estimate of drug-likeness (QED) is 0.837. The first kappa shape index (κ1) is 14.3. The third-order valence-corrected chi connectivity index (χ3v) is 2.81. The van der Waals surface area contributed by atoms with E-state index in [0.29, 0.717) is 0 Å². The van der Waals surface area contributed by atoms with Gasteiger partial charge in [0.05, 0.1) is 6.10 Å². The summed E-state index contributed by atoms with van der Waals surface area (Å²) in [6.45, 7) is 6.77. The van der Waals surface area contributed by atoms with E-state index < -0.39 is 0 Å². The molecule has 4 nitrogen and oxygen atoms in total. The topological polar surface area (TPSA) is 38.2 Å². The van der Waals surface area contributed by atoms with Crippen molar-refractivity contribution < 1.29 is 4.74 Å². The molecule has 2 rings (SSSR count). The standard InChI is InChI=1S/C16H21N3O/c1-12(2)20-15-7-5-6-14(10-15)11-19(4)16-17-9-8-13(3)18-16/h5-10,12H,11H2,1-4H3. The van der Waals surface area contributed by atoms with E-state index >= 15 is 0 Å². The Morgan fingerprint density at radius 3 is 2.75 bits per heavy atom. The highest BCUT2D eigenvalue weighted by atomic mass is 16.5. The van der Waals surface area contributed by atoms with Gasteiger partial charge in [-0.2, -0.15) is 0 Å². The first-order chi connectivity index (χ1) is 9.54. The summed E-state index contributed by atoms with van der Waals surface area (Å²) in [4.78, 5) is 10.7. The van der Waals surface area contributed by atoms with Crippen LogP contribution >= 0.6 is 0 Å². The third kappa shape index (κ3) is 3.95. The Kier molecular flexibility index (Phi) is 4.56. The fourth-order valence-electron chi connectivity index (χ4n) is 1.95. The highest BCUT2D eigenvalue weighted by Gasteiger charge is 2.06. The van der Waals surface area contributed by atoms with Crippen molar-refractivity contribution in [3.63, 3.8) is 0 Å². The summed E-state index contributed by atoms with van der Waals surface area (Å²) in [6, 6.07) is 10.0. The Bertz CT molecular complexity index is 569. The molecule has 0 fully saturated rings. The van der Waals surface area contributed by atoms with Crippen molar-refractivity contribution >= 4 is 5.95 Å². The van der Waals surface area contributed by atoms with Crippen LogP contribution < -0.4 is 9.64 Å². The molecule has 106 valence electrons. The average Bonchev–Trinajstić information content (AvgIpc) is 2.38. The lowest BCUT2D eigenvalue weighted by Gasteiger charge is -2.18. The van der Waals surface area contributed by atoms with Gasteiger partial charge < -0.3 is 9.64 Å². The van der Waals surface area contributed by atoms with Crippen LogP contribution in [0.15, 0.2) is 36.5 Å². The van der Waals surface area contributed by atoms with Crippen LogP contribution in [0, 0.1) is 6.92 Å². The van der Waals surface area contributed by atoms with Crippen LogP contribution in [0.3, 0.4) is 0 Å². The third-order valence-electron chi connectivity index (χ3n) is 2.81. The minimum Gasteiger partial charge on any atom is -0.491 e. The van der Waals surface area contributed by atoms with Crippen molar-refractivity contribution in [1.82, 2.24) is 9.97 Å². The zero-order valence-corrected chi connectivity index (χ0v) is 12.5. The van der Waals surface area contributed by atoms with Crippen LogP contribution in [0.4, 0.5) is 5.95 Å². The molecular weight excluding hydrogens is 250 g/mol. The molecule has 1 aromatic heterocycles.